The zero-order chi connectivity index (χ0) is 27.6. The highest BCUT2D eigenvalue weighted by Gasteiger charge is 2.68. The number of nitrogens with two attached hydrogens (primary N) is 1. The fraction of sp³-hybridized carbons (Fsp3) is 0.821. The number of alkyl carbamates (subject to hydrolysis) is 2. The quantitative estimate of drug-likeness (QED) is 0.465. The highest BCUT2D eigenvalue weighted by atomic mass is 16.6. The predicted molar refractivity (Wildman–Crippen MR) is 136 cm³/mol. The maximum atomic E-state index is 13.5. The van der Waals surface area contributed by atoms with Gasteiger partial charge in [0.25, 0.3) is 0 Å². The molecule has 4 N–H and O–H groups in total. The van der Waals surface area contributed by atoms with E-state index in [9.17, 15) is 19.5 Å². The number of amides is 2. The van der Waals surface area contributed by atoms with Crippen molar-refractivity contribution in [1.29, 1.82) is 0 Å². The number of Topliss-reactive ketones (excluding diaryl/α,β-unsaturated/α-hetero) is 1. The lowest BCUT2D eigenvalue weighted by molar-refractivity contribution is -0.191. The molecule has 5 rings (SSSR count). The highest BCUT2D eigenvalue weighted by molar-refractivity contribution is 5.88. The van der Waals surface area contributed by atoms with Crippen LogP contribution in [0.1, 0.15) is 59.8 Å². The summed E-state index contributed by atoms with van der Waals surface area (Å²) in [4.78, 5) is 39.2. The smallest absolute Gasteiger partial charge is 0.417 e. The summed E-state index contributed by atoms with van der Waals surface area (Å²) in [6.45, 7) is 12.6. The number of imide groups is 1. The molecular weight excluding hydrogens is 492 g/mol. The Morgan fingerprint density at radius 1 is 1.13 bits per heavy atom. The van der Waals surface area contributed by atoms with Crippen molar-refractivity contribution >= 4 is 18.0 Å². The van der Waals surface area contributed by atoms with E-state index in [1.165, 1.54) is 0 Å². The maximum Gasteiger partial charge on any atom is 0.417 e. The van der Waals surface area contributed by atoms with Gasteiger partial charge in [0.05, 0.1) is 25.4 Å². The zero-order valence-electron chi connectivity index (χ0n) is 22.8. The van der Waals surface area contributed by atoms with Gasteiger partial charge in [0, 0.05) is 23.2 Å². The summed E-state index contributed by atoms with van der Waals surface area (Å²) < 4.78 is 22.6. The third-order valence-corrected chi connectivity index (χ3v) is 11.1. The molecule has 2 saturated heterocycles. The van der Waals surface area contributed by atoms with Crippen LogP contribution < -0.4 is 11.1 Å². The van der Waals surface area contributed by atoms with Crippen LogP contribution in [0.15, 0.2) is 12.7 Å². The average molecular weight is 535 g/mol. The molecule has 0 radical (unpaired) electrons. The van der Waals surface area contributed by atoms with Crippen molar-refractivity contribution in [2.75, 3.05) is 13.2 Å². The number of fused-ring (bicyclic) bond motifs is 1. The van der Waals surface area contributed by atoms with Gasteiger partial charge in [0.1, 0.15) is 24.1 Å². The highest BCUT2D eigenvalue weighted by Crippen LogP contribution is 2.68. The number of ether oxygens (including phenoxy) is 4. The van der Waals surface area contributed by atoms with Crippen molar-refractivity contribution < 1.29 is 38.4 Å². The lowest BCUT2D eigenvalue weighted by Crippen LogP contribution is -2.63. The lowest BCUT2D eigenvalue weighted by Gasteiger charge is -2.61. The van der Waals surface area contributed by atoms with Crippen molar-refractivity contribution in [1.82, 2.24) is 5.32 Å². The minimum atomic E-state index is -0.965. The number of hydrogen-bond donors (Lipinski definition) is 3. The second-order valence-electron chi connectivity index (χ2n) is 12.8. The average Bonchev–Trinajstić information content (AvgIpc) is 3.55. The SMILES string of the molecule is C=C[C@]1(C)C[C@@H](OC(=O)NC(=O)O[C@@H]2CO[C@H]3[C@@H]2OC[C@@H]3N)[C@]2(C)[C@H](C)CC[C@]3(CCC(=O)[C@H]32)[C@@H](C)[C@@H]1O. The van der Waals surface area contributed by atoms with E-state index in [-0.39, 0.29) is 54.1 Å². The maximum absolute atomic E-state index is 13.5. The molecule has 12 atom stereocenters. The van der Waals surface area contributed by atoms with Crippen LogP contribution in [0, 0.1) is 34.0 Å². The monoisotopic (exact) mass is 534 g/mol. The second-order valence-corrected chi connectivity index (χ2v) is 12.8. The van der Waals surface area contributed by atoms with Crippen LogP contribution in [0.2, 0.25) is 0 Å². The van der Waals surface area contributed by atoms with Gasteiger partial charge in [-0.05, 0) is 42.9 Å². The van der Waals surface area contributed by atoms with E-state index in [0.717, 1.165) is 12.8 Å². The Labute approximate surface area is 223 Å². The topological polar surface area (TPSA) is 146 Å². The number of ketones is 1. The Balaban J connectivity index is 1.38. The summed E-state index contributed by atoms with van der Waals surface area (Å²) in [6, 6.07) is -0.290. The predicted octanol–water partition coefficient (Wildman–Crippen LogP) is 2.71. The lowest BCUT2D eigenvalue weighted by atomic mass is 9.44. The largest absolute Gasteiger partial charge is 0.445 e. The molecule has 212 valence electrons. The normalized spacial score (nSPS) is 49.8. The molecule has 3 aliphatic carbocycles. The van der Waals surface area contributed by atoms with Gasteiger partial charge < -0.3 is 29.8 Å². The van der Waals surface area contributed by atoms with E-state index < -0.39 is 47.4 Å². The van der Waals surface area contributed by atoms with Gasteiger partial charge in [-0.2, -0.15) is 0 Å². The Morgan fingerprint density at radius 2 is 1.82 bits per heavy atom. The molecule has 10 heteroatoms. The van der Waals surface area contributed by atoms with E-state index in [1.54, 1.807) is 6.08 Å². The zero-order valence-corrected chi connectivity index (χ0v) is 22.8. The van der Waals surface area contributed by atoms with Crippen LogP contribution in [0.3, 0.4) is 0 Å². The number of rotatable bonds is 3. The number of hydrogen-bond acceptors (Lipinski definition) is 9. The molecule has 0 spiro atoms. The van der Waals surface area contributed by atoms with Gasteiger partial charge in [0.2, 0.25) is 0 Å². The molecular formula is C28H42N2O8. The third kappa shape index (κ3) is 4.01. The fourth-order valence-electron chi connectivity index (χ4n) is 8.51. The molecule has 2 heterocycles. The molecule has 0 unspecified atom stereocenters. The Kier molecular flexibility index (Phi) is 6.94. The summed E-state index contributed by atoms with van der Waals surface area (Å²) >= 11 is 0. The second kappa shape index (κ2) is 9.57. The summed E-state index contributed by atoms with van der Waals surface area (Å²) in [5, 5.41) is 13.8. The first-order valence-electron chi connectivity index (χ1n) is 13.9. The van der Waals surface area contributed by atoms with Crippen molar-refractivity contribution in [3.05, 3.63) is 12.7 Å². The minimum absolute atomic E-state index is 0.0835. The molecule has 2 bridgehead atoms. The first-order valence-corrected chi connectivity index (χ1v) is 13.9. The van der Waals surface area contributed by atoms with Gasteiger partial charge >= 0.3 is 12.2 Å². The van der Waals surface area contributed by atoms with Gasteiger partial charge in [0.15, 0.2) is 6.10 Å². The van der Waals surface area contributed by atoms with Crippen LogP contribution in [0.4, 0.5) is 9.59 Å². The molecule has 0 aromatic rings. The fourth-order valence-corrected chi connectivity index (χ4v) is 8.51. The number of aliphatic hydroxyl groups is 1. The Morgan fingerprint density at radius 3 is 2.53 bits per heavy atom. The first kappa shape index (κ1) is 27.6. The van der Waals surface area contributed by atoms with Crippen molar-refractivity contribution in [2.45, 2.75) is 96.4 Å². The van der Waals surface area contributed by atoms with Gasteiger partial charge in [-0.3, -0.25) is 4.79 Å². The number of carbonyl (C=O) groups is 3. The van der Waals surface area contributed by atoms with E-state index in [2.05, 4.69) is 25.7 Å². The van der Waals surface area contributed by atoms with E-state index in [4.69, 9.17) is 24.7 Å². The van der Waals surface area contributed by atoms with E-state index >= 15 is 0 Å². The van der Waals surface area contributed by atoms with Crippen molar-refractivity contribution in [3.8, 4) is 0 Å². The number of nitrogens with one attached hydrogen (secondary N) is 1. The number of carbonyl (C=O) groups excluding carboxylic acids is 3. The molecule has 0 aromatic carbocycles. The Hall–Kier alpha value is -2.01. The van der Waals surface area contributed by atoms with Crippen LogP contribution in [-0.4, -0.2) is 72.9 Å². The van der Waals surface area contributed by atoms with Crippen LogP contribution in [0.25, 0.3) is 0 Å². The first-order chi connectivity index (χ1) is 17.9. The van der Waals surface area contributed by atoms with E-state index in [0.29, 0.717) is 19.4 Å². The van der Waals surface area contributed by atoms with Gasteiger partial charge in [-0.25, -0.2) is 14.9 Å². The van der Waals surface area contributed by atoms with Crippen LogP contribution in [0.5, 0.6) is 0 Å². The molecule has 5 fully saturated rings. The van der Waals surface area contributed by atoms with Gasteiger partial charge in [-0.1, -0.05) is 33.8 Å². The van der Waals surface area contributed by atoms with Crippen molar-refractivity contribution in [2.24, 2.45) is 39.7 Å². The summed E-state index contributed by atoms with van der Waals surface area (Å²) in [6.07, 6.45) is -0.0525. The summed E-state index contributed by atoms with van der Waals surface area (Å²) in [7, 11) is 0. The van der Waals surface area contributed by atoms with Crippen molar-refractivity contribution in [3.63, 3.8) is 0 Å². The molecule has 5 aliphatic rings. The van der Waals surface area contributed by atoms with E-state index in [1.807, 2.05) is 13.8 Å². The molecule has 2 aliphatic heterocycles. The van der Waals surface area contributed by atoms with Gasteiger partial charge in [-0.15, -0.1) is 6.58 Å². The summed E-state index contributed by atoms with van der Waals surface area (Å²) in [5.41, 5.74) is 4.14. The molecule has 2 amide bonds. The molecule has 10 nitrogen and oxygen atoms in total. The summed E-state index contributed by atoms with van der Waals surface area (Å²) in [5.74, 6) is -0.222. The molecule has 3 saturated carbocycles. The standard InChI is InChI=1S/C28H42N2O8/c1-6-26(4)11-19(38-25(34)30-24(33)37-18-13-36-20-16(29)12-35-21(18)20)27(5)14(2)7-9-28(15(3)23(26)32)10-8-17(31)22(27)28/h6,14-16,18-23,32H,1,7-13,29H2,2-5H3,(H,30,33,34)/t14-,15+,16+,18-,19-,20-,21-,22+,23+,26-,27+,28+/m1/s1. The molecule has 38 heavy (non-hydrogen) atoms. The van der Waals surface area contributed by atoms with Crippen LogP contribution >= 0.6 is 0 Å². The third-order valence-electron chi connectivity index (χ3n) is 11.1. The molecule has 0 aromatic heterocycles. The number of aliphatic hydroxyl groups excluding tert-OH is 1. The Bertz CT molecular complexity index is 1010. The minimum Gasteiger partial charge on any atom is -0.445 e. The van der Waals surface area contributed by atoms with Crippen LogP contribution in [-0.2, 0) is 23.7 Å².